The zero-order chi connectivity index (χ0) is 11.6. The van der Waals surface area contributed by atoms with Crippen LogP contribution in [0.2, 0.25) is 0 Å². The van der Waals surface area contributed by atoms with E-state index in [-0.39, 0.29) is 6.10 Å². The molecule has 2 unspecified atom stereocenters. The quantitative estimate of drug-likeness (QED) is 0.850. The molecule has 0 spiro atoms. The minimum atomic E-state index is -0.510. The predicted molar refractivity (Wildman–Crippen MR) is 63.0 cm³/mol. The molecule has 88 valence electrons. The Labute approximate surface area is 96.5 Å². The lowest BCUT2D eigenvalue weighted by Gasteiger charge is -2.22. The number of ether oxygens (including phenoxy) is 2. The fourth-order valence-electron chi connectivity index (χ4n) is 1.96. The Morgan fingerprint density at radius 3 is 2.69 bits per heavy atom. The number of hydrogen-bond acceptors (Lipinski definition) is 3. The van der Waals surface area contributed by atoms with Crippen LogP contribution in [-0.2, 0) is 9.47 Å². The summed E-state index contributed by atoms with van der Waals surface area (Å²) in [7, 11) is 0. The summed E-state index contributed by atoms with van der Waals surface area (Å²) in [5.41, 5.74) is 7.97. The van der Waals surface area contributed by atoms with Crippen LogP contribution in [0.15, 0.2) is 24.3 Å². The second-order valence-electron chi connectivity index (χ2n) is 4.50. The maximum atomic E-state index is 5.91. The number of nitrogens with two attached hydrogens (primary N) is 1. The first kappa shape index (κ1) is 11.6. The molecule has 1 aliphatic rings. The summed E-state index contributed by atoms with van der Waals surface area (Å²) in [6.07, 6.45) is 0.771. The van der Waals surface area contributed by atoms with Gasteiger partial charge in [0.1, 0.15) is 6.10 Å². The molecule has 2 atom stereocenters. The van der Waals surface area contributed by atoms with Crippen molar-refractivity contribution in [3.05, 3.63) is 35.4 Å². The third-order valence-electron chi connectivity index (χ3n) is 2.98. The van der Waals surface area contributed by atoms with Crippen LogP contribution >= 0.6 is 0 Å². The van der Waals surface area contributed by atoms with E-state index in [0.717, 1.165) is 6.42 Å². The van der Waals surface area contributed by atoms with Crippen LogP contribution in [0.1, 0.15) is 30.6 Å². The highest BCUT2D eigenvalue weighted by molar-refractivity contribution is 5.23. The molecule has 2 N–H and O–H groups in total. The summed E-state index contributed by atoms with van der Waals surface area (Å²) in [4.78, 5) is 0. The lowest BCUT2D eigenvalue weighted by molar-refractivity contribution is -0.157. The van der Waals surface area contributed by atoms with Crippen LogP contribution in [0, 0.1) is 6.92 Å². The van der Waals surface area contributed by atoms with Crippen molar-refractivity contribution in [1.29, 1.82) is 0 Å². The summed E-state index contributed by atoms with van der Waals surface area (Å²) in [6.45, 7) is 5.22. The zero-order valence-electron chi connectivity index (χ0n) is 9.90. The maximum absolute atomic E-state index is 5.91. The Kier molecular flexibility index (Phi) is 3.28. The van der Waals surface area contributed by atoms with Crippen molar-refractivity contribution in [2.24, 2.45) is 5.73 Å². The molecule has 1 aromatic rings. The van der Waals surface area contributed by atoms with E-state index in [2.05, 4.69) is 31.2 Å². The molecule has 1 fully saturated rings. The molecular formula is C13H19NO2. The van der Waals surface area contributed by atoms with E-state index in [1.165, 1.54) is 11.1 Å². The fourth-order valence-corrected chi connectivity index (χ4v) is 1.96. The van der Waals surface area contributed by atoms with Crippen molar-refractivity contribution in [3.63, 3.8) is 0 Å². The number of rotatable bonds is 3. The normalized spacial score (nSPS) is 29.6. The molecule has 3 nitrogen and oxygen atoms in total. The monoisotopic (exact) mass is 221 g/mol. The van der Waals surface area contributed by atoms with E-state index < -0.39 is 5.79 Å². The Morgan fingerprint density at radius 2 is 2.06 bits per heavy atom. The molecule has 1 aromatic carbocycles. The lowest BCUT2D eigenvalue weighted by Crippen LogP contribution is -2.28. The molecule has 1 saturated heterocycles. The average Bonchev–Trinajstić information content (AvgIpc) is 2.62. The smallest absolute Gasteiger partial charge is 0.167 e. The second-order valence-corrected chi connectivity index (χ2v) is 4.50. The highest BCUT2D eigenvalue weighted by Crippen LogP contribution is 2.34. The summed E-state index contributed by atoms with van der Waals surface area (Å²) in [6, 6.07) is 8.38. The molecule has 16 heavy (non-hydrogen) atoms. The van der Waals surface area contributed by atoms with E-state index in [9.17, 15) is 0 Å². The van der Waals surface area contributed by atoms with Gasteiger partial charge < -0.3 is 15.2 Å². The Balaban J connectivity index is 2.06. The van der Waals surface area contributed by atoms with E-state index in [0.29, 0.717) is 13.2 Å². The molecule has 0 saturated carbocycles. The van der Waals surface area contributed by atoms with E-state index in [1.54, 1.807) is 0 Å². The highest BCUT2D eigenvalue weighted by Gasteiger charge is 2.36. The van der Waals surface area contributed by atoms with Crippen LogP contribution in [-0.4, -0.2) is 18.9 Å². The van der Waals surface area contributed by atoms with Gasteiger partial charge in [-0.3, -0.25) is 0 Å². The average molecular weight is 221 g/mol. The minimum absolute atomic E-state index is 0.0390. The molecule has 1 aliphatic heterocycles. The Morgan fingerprint density at radius 1 is 1.38 bits per heavy atom. The summed E-state index contributed by atoms with van der Waals surface area (Å²) in [5.74, 6) is -0.510. The van der Waals surface area contributed by atoms with Gasteiger partial charge in [0.2, 0.25) is 0 Å². The molecule has 0 radical (unpaired) electrons. The SMILES string of the molecule is Cc1ccc(C2COC(C)(CCN)O2)cc1. The second kappa shape index (κ2) is 4.53. The van der Waals surface area contributed by atoms with Crippen molar-refractivity contribution in [2.45, 2.75) is 32.2 Å². The van der Waals surface area contributed by atoms with Crippen molar-refractivity contribution >= 4 is 0 Å². The van der Waals surface area contributed by atoms with Crippen molar-refractivity contribution in [1.82, 2.24) is 0 Å². The van der Waals surface area contributed by atoms with Crippen LogP contribution in [0.4, 0.5) is 0 Å². The summed E-state index contributed by atoms with van der Waals surface area (Å²) in [5, 5.41) is 0. The lowest BCUT2D eigenvalue weighted by atomic mass is 10.1. The number of benzene rings is 1. The summed E-state index contributed by atoms with van der Waals surface area (Å²) < 4.78 is 11.6. The van der Waals surface area contributed by atoms with Gasteiger partial charge in [0.25, 0.3) is 0 Å². The Bertz CT molecular complexity index is 349. The van der Waals surface area contributed by atoms with Gasteiger partial charge >= 0.3 is 0 Å². The van der Waals surface area contributed by atoms with Crippen LogP contribution in [0.5, 0.6) is 0 Å². The predicted octanol–water partition coefficient (Wildman–Crippen LogP) is 2.15. The highest BCUT2D eigenvalue weighted by atomic mass is 16.7. The van der Waals surface area contributed by atoms with Gasteiger partial charge in [-0.2, -0.15) is 0 Å². The third kappa shape index (κ3) is 2.43. The molecule has 0 aromatic heterocycles. The van der Waals surface area contributed by atoms with E-state index in [4.69, 9.17) is 15.2 Å². The molecule has 0 bridgehead atoms. The first-order chi connectivity index (χ1) is 7.63. The number of hydrogen-bond donors (Lipinski definition) is 1. The number of aryl methyl sites for hydroxylation is 1. The topological polar surface area (TPSA) is 44.5 Å². The van der Waals surface area contributed by atoms with Gasteiger partial charge in [-0.15, -0.1) is 0 Å². The van der Waals surface area contributed by atoms with Crippen LogP contribution in [0.25, 0.3) is 0 Å². The van der Waals surface area contributed by atoms with E-state index >= 15 is 0 Å². The van der Waals surface area contributed by atoms with Gasteiger partial charge in [-0.05, 0) is 26.0 Å². The van der Waals surface area contributed by atoms with Gasteiger partial charge in [0, 0.05) is 6.42 Å². The standard InChI is InChI=1S/C13H19NO2/c1-10-3-5-11(6-4-10)12-9-15-13(2,16-12)7-8-14/h3-6,12H,7-9,14H2,1-2H3. The van der Waals surface area contributed by atoms with Gasteiger partial charge in [0.15, 0.2) is 5.79 Å². The molecule has 2 rings (SSSR count). The molecule has 0 aliphatic carbocycles. The van der Waals surface area contributed by atoms with Gasteiger partial charge in [-0.25, -0.2) is 0 Å². The van der Waals surface area contributed by atoms with Gasteiger partial charge in [-0.1, -0.05) is 29.8 Å². The van der Waals surface area contributed by atoms with E-state index in [1.807, 2.05) is 6.92 Å². The van der Waals surface area contributed by atoms with Crippen LogP contribution in [0.3, 0.4) is 0 Å². The van der Waals surface area contributed by atoms with Crippen molar-refractivity contribution in [2.75, 3.05) is 13.2 Å². The maximum Gasteiger partial charge on any atom is 0.167 e. The first-order valence-corrected chi connectivity index (χ1v) is 5.71. The molecule has 0 amide bonds. The fraction of sp³-hybridized carbons (Fsp3) is 0.538. The Hall–Kier alpha value is -0.900. The molecular weight excluding hydrogens is 202 g/mol. The minimum Gasteiger partial charge on any atom is -0.347 e. The van der Waals surface area contributed by atoms with Gasteiger partial charge in [0.05, 0.1) is 6.61 Å². The molecule has 1 heterocycles. The third-order valence-corrected chi connectivity index (χ3v) is 2.98. The summed E-state index contributed by atoms with van der Waals surface area (Å²) >= 11 is 0. The molecule has 3 heteroatoms. The van der Waals surface area contributed by atoms with Crippen LogP contribution < -0.4 is 5.73 Å². The first-order valence-electron chi connectivity index (χ1n) is 5.71. The zero-order valence-corrected chi connectivity index (χ0v) is 9.90. The largest absolute Gasteiger partial charge is 0.347 e. The van der Waals surface area contributed by atoms with Crippen molar-refractivity contribution < 1.29 is 9.47 Å². The van der Waals surface area contributed by atoms with Crippen molar-refractivity contribution in [3.8, 4) is 0 Å².